The highest BCUT2D eigenvalue weighted by Crippen LogP contribution is 2.29. The molecule has 0 aliphatic carbocycles. The summed E-state index contributed by atoms with van der Waals surface area (Å²) in [7, 11) is 0. The number of para-hydroxylation sites is 2. The first-order valence-electron chi connectivity index (χ1n) is 4.55. The van der Waals surface area contributed by atoms with E-state index < -0.39 is 6.36 Å². The molecule has 86 valence electrons. The van der Waals surface area contributed by atoms with Gasteiger partial charge in [-0.2, -0.15) is 0 Å². The van der Waals surface area contributed by atoms with Gasteiger partial charge in [0.05, 0.1) is 5.69 Å². The monoisotopic (exact) mass is 229 g/mol. The van der Waals surface area contributed by atoms with Gasteiger partial charge in [0.2, 0.25) is 0 Å². The van der Waals surface area contributed by atoms with Crippen LogP contribution in [0.2, 0.25) is 0 Å². The predicted molar refractivity (Wildman–Crippen MR) is 55.1 cm³/mol. The quantitative estimate of drug-likeness (QED) is 0.633. The lowest BCUT2D eigenvalue weighted by Gasteiger charge is -2.13. The van der Waals surface area contributed by atoms with E-state index in [0.717, 1.165) is 0 Å². The average molecular weight is 229 g/mol. The van der Waals surface area contributed by atoms with E-state index in [1.807, 2.05) is 0 Å². The number of hydrogen-bond acceptors (Lipinski definition) is 2. The van der Waals surface area contributed by atoms with Crippen LogP contribution in [0.3, 0.4) is 0 Å². The highest BCUT2D eigenvalue weighted by atomic mass is 19.4. The fourth-order valence-electron chi connectivity index (χ4n) is 1.10. The molecule has 0 heterocycles. The fraction of sp³-hybridized carbons (Fsp3) is 0.273. The molecule has 0 saturated heterocycles. The lowest BCUT2D eigenvalue weighted by Crippen LogP contribution is -2.18. The van der Waals surface area contributed by atoms with Gasteiger partial charge in [-0.25, -0.2) is 0 Å². The zero-order valence-corrected chi connectivity index (χ0v) is 8.34. The third-order valence-electron chi connectivity index (χ3n) is 1.70. The number of ether oxygens (including phenoxy) is 1. The summed E-state index contributed by atoms with van der Waals surface area (Å²) in [5.74, 6) is 2.12. The Morgan fingerprint density at radius 3 is 2.62 bits per heavy atom. The van der Waals surface area contributed by atoms with E-state index in [-0.39, 0.29) is 11.4 Å². The maximum atomic E-state index is 12.0. The Labute approximate surface area is 91.4 Å². The molecule has 0 aliphatic heterocycles. The second kappa shape index (κ2) is 5.31. The summed E-state index contributed by atoms with van der Waals surface area (Å²) in [6, 6.07) is 5.82. The minimum absolute atomic E-state index is 0.257. The van der Waals surface area contributed by atoms with Crippen LogP contribution in [-0.4, -0.2) is 12.9 Å². The van der Waals surface area contributed by atoms with Crippen molar-refractivity contribution in [2.45, 2.75) is 12.8 Å². The van der Waals surface area contributed by atoms with Crippen LogP contribution in [0.4, 0.5) is 18.9 Å². The Balaban J connectivity index is 2.72. The highest BCUT2D eigenvalue weighted by Gasteiger charge is 2.31. The summed E-state index contributed by atoms with van der Waals surface area (Å²) in [6.45, 7) is 0.398. The number of anilines is 1. The van der Waals surface area contributed by atoms with Gasteiger partial charge in [-0.05, 0) is 12.1 Å². The predicted octanol–water partition coefficient (Wildman–Crippen LogP) is 3.02. The molecule has 16 heavy (non-hydrogen) atoms. The molecule has 2 nitrogen and oxygen atoms in total. The maximum absolute atomic E-state index is 12.0. The lowest BCUT2D eigenvalue weighted by molar-refractivity contribution is -0.274. The number of halogens is 3. The van der Waals surface area contributed by atoms with Gasteiger partial charge in [0.1, 0.15) is 0 Å². The van der Waals surface area contributed by atoms with E-state index in [4.69, 9.17) is 6.42 Å². The summed E-state index contributed by atoms with van der Waals surface area (Å²) in [5.41, 5.74) is 0.273. The minimum atomic E-state index is -4.69. The first-order valence-corrected chi connectivity index (χ1v) is 4.55. The number of benzene rings is 1. The van der Waals surface area contributed by atoms with Crippen LogP contribution in [0.15, 0.2) is 24.3 Å². The summed E-state index contributed by atoms with van der Waals surface area (Å²) >= 11 is 0. The van der Waals surface area contributed by atoms with Crippen LogP contribution in [0.1, 0.15) is 6.42 Å². The molecule has 0 spiro atoms. The van der Waals surface area contributed by atoms with E-state index in [1.165, 1.54) is 18.2 Å². The van der Waals surface area contributed by atoms with Gasteiger partial charge in [-0.1, -0.05) is 12.1 Å². The van der Waals surface area contributed by atoms with Crippen molar-refractivity contribution >= 4 is 5.69 Å². The molecule has 0 aromatic heterocycles. The molecule has 0 bridgehead atoms. The van der Waals surface area contributed by atoms with Crippen molar-refractivity contribution < 1.29 is 17.9 Å². The van der Waals surface area contributed by atoms with Crippen LogP contribution >= 0.6 is 0 Å². The summed E-state index contributed by atoms with van der Waals surface area (Å²) in [4.78, 5) is 0. The standard InChI is InChI=1S/C11H10F3NO/c1-2-3-8-15-9-6-4-5-7-10(9)16-11(12,13)14/h1,4-7,15H,3,8H2. The van der Waals surface area contributed by atoms with Crippen molar-refractivity contribution in [1.29, 1.82) is 0 Å². The third-order valence-corrected chi connectivity index (χ3v) is 1.70. The number of nitrogens with one attached hydrogen (secondary N) is 1. The first kappa shape index (κ1) is 12.2. The van der Waals surface area contributed by atoms with E-state index in [1.54, 1.807) is 6.07 Å². The van der Waals surface area contributed by atoms with Crippen molar-refractivity contribution in [2.24, 2.45) is 0 Å². The van der Waals surface area contributed by atoms with Crippen molar-refractivity contribution in [1.82, 2.24) is 0 Å². The number of rotatable bonds is 4. The van der Waals surface area contributed by atoms with Crippen LogP contribution in [0, 0.1) is 12.3 Å². The number of hydrogen-bond donors (Lipinski definition) is 1. The van der Waals surface area contributed by atoms with Gasteiger partial charge in [-0.15, -0.1) is 25.5 Å². The Kier molecular flexibility index (Phi) is 4.06. The summed E-state index contributed by atoms with van der Waals surface area (Å²) < 4.78 is 39.9. The molecule has 0 amide bonds. The second-order valence-electron chi connectivity index (χ2n) is 2.92. The SMILES string of the molecule is C#CCCNc1ccccc1OC(F)(F)F. The van der Waals surface area contributed by atoms with Crippen LogP contribution in [-0.2, 0) is 0 Å². The van der Waals surface area contributed by atoms with Crippen LogP contribution in [0.25, 0.3) is 0 Å². The van der Waals surface area contributed by atoms with E-state index in [9.17, 15) is 13.2 Å². The molecule has 0 aliphatic rings. The van der Waals surface area contributed by atoms with Gasteiger partial charge in [0, 0.05) is 13.0 Å². The molecule has 0 unspecified atom stereocenters. The molecule has 5 heteroatoms. The van der Waals surface area contributed by atoms with Crippen molar-refractivity contribution in [3.05, 3.63) is 24.3 Å². The topological polar surface area (TPSA) is 21.3 Å². The average Bonchev–Trinajstić information content (AvgIpc) is 2.19. The van der Waals surface area contributed by atoms with E-state index in [2.05, 4.69) is 16.0 Å². The molecule has 0 fully saturated rings. The van der Waals surface area contributed by atoms with Gasteiger partial charge < -0.3 is 10.1 Å². The number of alkyl halides is 3. The van der Waals surface area contributed by atoms with Gasteiger partial charge in [-0.3, -0.25) is 0 Å². The molecule has 1 rings (SSSR count). The zero-order valence-electron chi connectivity index (χ0n) is 8.34. The molecule has 1 aromatic carbocycles. The second-order valence-corrected chi connectivity index (χ2v) is 2.92. The maximum Gasteiger partial charge on any atom is 0.573 e. The summed E-state index contributed by atoms with van der Waals surface area (Å²) in [6.07, 6.45) is 0.772. The van der Waals surface area contributed by atoms with Crippen molar-refractivity contribution in [3.8, 4) is 18.1 Å². The molecule has 1 aromatic rings. The minimum Gasteiger partial charge on any atom is -0.404 e. The Hall–Kier alpha value is -1.83. The Morgan fingerprint density at radius 1 is 1.31 bits per heavy atom. The summed E-state index contributed by atoms with van der Waals surface area (Å²) in [5, 5.41) is 2.77. The Bertz CT molecular complexity index is 382. The van der Waals surface area contributed by atoms with Gasteiger partial charge in [0.15, 0.2) is 5.75 Å². The van der Waals surface area contributed by atoms with E-state index in [0.29, 0.717) is 13.0 Å². The molecule has 0 radical (unpaired) electrons. The molecular weight excluding hydrogens is 219 g/mol. The number of terminal acetylenes is 1. The third kappa shape index (κ3) is 4.13. The van der Waals surface area contributed by atoms with Crippen LogP contribution in [0.5, 0.6) is 5.75 Å². The highest BCUT2D eigenvalue weighted by molar-refractivity contribution is 5.56. The molecule has 0 atom stereocenters. The van der Waals surface area contributed by atoms with Crippen molar-refractivity contribution in [2.75, 3.05) is 11.9 Å². The molecule has 0 saturated carbocycles. The largest absolute Gasteiger partial charge is 0.573 e. The van der Waals surface area contributed by atoms with Crippen LogP contribution < -0.4 is 10.1 Å². The molecule has 1 N–H and O–H groups in total. The normalized spacial score (nSPS) is 10.6. The van der Waals surface area contributed by atoms with Gasteiger partial charge in [0.25, 0.3) is 0 Å². The Morgan fingerprint density at radius 2 is 2.00 bits per heavy atom. The molecular formula is C11H10F3NO. The van der Waals surface area contributed by atoms with Gasteiger partial charge >= 0.3 is 6.36 Å². The lowest BCUT2D eigenvalue weighted by atomic mass is 10.3. The zero-order chi connectivity index (χ0) is 12.0. The van der Waals surface area contributed by atoms with Crippen molar-refractivity contribution in [3.63, 3.8) is 0 Å². The first-order chi connectivity index (χ1) is 7.53. The van der Waals surface area contributed by atoms with E-state index >= 15 is 0 Å². The fourth-order valence-corrected chi connectivity index (χ4v) is 1.10. The smallest absolute Gasteiger partial charge is 0.404 e.